The van der Waals surface area contributed by atoms with Crippen molar-refractivity contribution in [3.63, 3.8) is 0 Å². The smallest absolute Gasteiger partial charge is 0.481 e. The number of carbonyl (C=O) groups is 5. The van der Waals surface area contributed by atoms with Gasteiger partial charge in [-0.15, -0.1) is 0 Å². The predicted molar refractivity (Wildman–Crippen MR) is 143 cm³/mol. The van der Waals surface area contributed by atoms with Crippen LogP contribution in [0.4, 0.5) is 18.9 Å². The molecule has 1 aliphatic rings. The number of benzene rings is 2. The zero-order valence-electron chi connectivity index (χ0n) is 22.7. The van der Waals surface area contributed by atoms with E-state index in [1.165, 1.54) is 4.90 Å². The van der Waals surface area contributed by atoms with Gasteiger partial charge in [-0.3, -0.25) is 19.2 Å². The number of nitrogens with two attached hydrogens (primary N) is 1. The number of rotatable bonds is 9. The minimum absolute atomic E-state index is 0.119. The van der Waals surface area contributed by atoms with Gasteiger partial charge in [-0.2, -0.15) is 13.2 Å². The zero-order valence-corrected chi connectivity index (χ0v) is 22.7. The van der Waals surface area contributed by atoms with Crippen molar-refractivity contribution in [2.75, 3.05) is 24.5 Å². The number of halogens is 3. The van der Waals surface area contributed by atoms with Crippen molar-refractivity contribution in [3.05, 3.63) is 64.2 Å². The topological polar surface area (TPSA) is 158 Å². The number of amides is 3. The molecule has 4 N–H and O–H groups in total. The zero-order chi connectivity index (χ0) is 30.9. The highest BCUT2D eigenvalue weighted by molar-refractivity contribution is 6.25. The van der Waals surface area contributed by atoms with E-state index in [1.54, 1.807) is 31.2 Å². The Kier molecular flexibility index (Phi) is 11.6. The van der Waals surface area contributed by atoms with Gasteiger partial charge in [0.25, 0.3) is 17.7 Å². The number of carbonyl (C=O) groups excluding carboxylic acids is 3. The first-order chi connectivity index (χ1) is 19.2. The Labute approximate surface area is 234 Å². The lowest BCUT2D eigenvalue weighted by Crippen LogP contribution is -2.43. The molecule has 0 fully saturated rings. The van der Waals surface area contributed by atoms with Crippen molar-refractivity contribution >= 4 is 35.3 Å². The molecule has 0 saturated carbocycles. The first-order valence-corrected chi connectivity index (χ1v) is 12.8. The van der Waals surface area contributed by atoms with Crippen molar-refractivity contribution in [2.24, 2.45) is 5.73 Å². The van der Waals surface area contributed by atoms with E-state index in [-0.39, 0.29) is 30.8 Å². The third-order valence-electron chi connectivity index (χ3n) is 6.22. The molecule has 41 heavy (non-hydrogen) atoms. The number of nitrogens with zero attached hydrogens (tertiary/aromatic N) is 2. The molecule has 0 bridgehead atoms. The van der Waals surface area contributed by atoms with Gasteiger partial charge in [-0.25, -0.2) is 9.69 Å². The molecule has 0 saturated heterocycles. The quantitative estimate of drug-likeness (QED) is 0.300. The lowest BCUT2D eigenvalue weighted by molar-refractivity contribution is -0.192. The SMILES string of the molecule is Cc1ccc(C(=O)N2C(=O)CN(CCC(=O)O)C(=O)c3cc(CCCCCN)ccc32)c(C)c1.O=C(O)C(F)(F)F. The molecule has 3 rings (SSSR count). The van der Waals surface area contributed by atoms with Crippen LogP contribution in [0.2, 0.25) is 0 Å². The molecule has 0 aromatic heterocycles. The van der Waals surface area contributed by atoms with Crippen LogP contribution < -0.4 is 10.6 Å². The van der Waals surface area contributed by atoms with Crippen molar-refractivity contribution in [1.82, 2.24) is 4.90 Å². The van der Waals surface area contributed by atoms with E-state index in [4.69, 9.17) is 20.7 Å². The second-order valence-electron chi connectivity index (χ2n) is 9.48. The molecule has 0 aliphatic carbocycles. The van der Waals surface area contributed by atoms with Crippen LogP contribution >= 0.6 is 0 Å². The molecule has 2 aromatic carbocycles. The minimum atomic E-state index is -5.08. The molecule has 0 radical (unpaired) electrons. The number of fused-ring (bicyclic) bond motifs is 1. The van der Waals surface area contributed by atoms with Crippen molar-refractivity contribution in [3.8, 4) is 0 Å². The van der Waals surface area contributed by atoms with E-state index in [1.807, 2.05) is 19.1 Å². The monoisotopic (exact) mass is 579 g/mol. The van der Waals surface area contributed by atoms with Gasteiger partial charge in [0.1, 0.15) is 6.54 Å². The molecule has 0 atom stereocenters. The molecular formula is C28H32F3N3O7. The summed E-state index contributed by atoms with van der Waals surface area (Å²) >= 11 is 0. The van der Waals surface area contributed by atoms with Crippen LogP contribution in [0.5, 0.6) is 0 Å². The summed E-state index contributed by atoms with van der Waals surface area (Å²) in [5.41, 5.74) is 9.03. The Balaban J connectivity index is 0.000000745. The summed E-state index contributed by atoms with van der Waals surface area (Å²) in [7, 11) is 0. The number of hydrogen-bond donors (Lipinski definition) is 3. The van der Waals surface area contributed by atoms with E-state index >= 15 is 0 Å². The second kappa shape index (κ2) is 14.4. The van der Waals surface area contributed by atoms with Gasteiger partial charge in [0.15, 0.2) is 0 Å². The number of aryl methyl sites for hydroxylation is 3. The summed E-state index contributed by atoms with van der Waals surface area (Å²) in [6.45, 7) is 3.85. The lowest BCUT2D eigenvalue weighted by atomic mass is 10.0. The number of imide groups is 1. The molecule has 1 aliphatic heterocycles. The molecule has 3 amide bonds. The van der Waals surface area contributed by atoms with Crippen LogP contribution in [0.15, 0.2) is 36.4 Å². The maximum Gasteiger partial charge on any atom is 0.490 e. The van der Waals surface area contributed by atoms with E-state index in [9.17, 15) is 32.3 Å². The number of anilines is 1. The van der Waals surface area contributed by atoms with Crippen LogP contribution in [-0.4, -0.2) is 70.6 Å². The number of unbranched alkanes of at least 4 members (excludes halogenated alkanes) is 2. The Morgan fingerprint density at radius 3 is 2.20 bits per heavy atom. The lowest BCUT2D eigenvalue weighted by Gasteiger charge is -2.22. The highest BCUT2D eigenvalue weighted by Gasteiger charge is 2.38. The molecule has 1 heterocycles. The molecule has 10 nitrogen and oxygen atoms in total. The highest BCUT2D eigenvalue weighted by Crippen LogP contribution is 2.30. The molecule has 0 spiro atoms. The Hall–Kier alpha value is -4.26. The summed E-state index contributed by atoms with van der Waals surface area (Å²) < 4.78 is 31.7. The van der Waals surface area contributed by atoms with Gasteiger partial charge in [0, 0.05) is 12.1 Å². The average Bonchev–Trinajstić information content (AvgIpc) is 2.98. The number of aliphatic carboxylic acids is 2. The summed E-state index contributed by atoms with van der Waals surface area (Å²) in [6.07, 6.45) is -1.87. The molecule has 0 unspecified atom stereocenters. The Bertz CT molecular complexity index is 1310. The fraction of sp³-hybridized carbons (Fsp3) is 0.393. The normalized spacial score (nSPS) is 13.2. The highest BCUT2D eigenvalue weighted by atomic mass is 19.4. The maximum atomic E-state index is 13.5. The van der Waals surface area contributed by atoms with E-state index in [0.29, 0.717) is 12.1 Å². The largest absolute Gasteiger partial charge is 0.490 e. The molecule has 2 aromatic rings. The number of alkyl halides is 3. The maximum absolute atomic E-state index is 13.5. The van der Waals surface area contributed by atoms with Crippen molar-refractivity contribution in [1.29, 1.82) is 0 Å². The minimum Gasteiger partial charge on any atom is -0.481 e. The van der Waals surface area contributed by atoms with Gasteiger partial charge in [-0.1, -0.05) is 30.2 Å². The van der Waals surface area contributed by atoms with E-state index in [0.717, 1.165) is 47.3 Å². The average molecular weight is 580 g/mol. The van der Waals surface area contributed by atoms with Crippen LogP contribution in [-0.2, 0) is 20.8 Å². The van der Waals surface area contributed by atoms with Gasteiger partial charge in [0.2, 0.25) is 0 Å². The summed E-state index contributed by atoms with van der Waals surface area (Å²) in [6, 6.07) is 10.5. The third-order valence-corrected chi connectivity index (χ3v) is 6.22. The van der Waals surface area contributed by atoms with Gasteiger partial charge < -0.3 is 20.8 Å². The van der Waals surface area contributed by atoms with Crippen molar-refractivity contribution in [2.45, 2.75) is 52.1 Å². The Morgan fingerprint density at radius 1 is 0.976 bits per heavy atom. The number of carboxylic acid groups (broad SMARTS) is 2. The third kappa shape index (κ3) is 9.13. The van der Waals surface area contributed by atoms with Crippen LogP contribution in [0.1, 0.15) is 63.1 Å². The summed E-state index contributed by atoms with van der Waals surface area (Å²) in [5.74, 6) is -5.36. The van der Waals surface area contributed by atoms with Gasteiger partial charge in [0.05, 0.1) is 17.7 Å². The first kappa shape index (κ1) is 32.9. The van der Waals surface area contributed by atoms with Crippen LogP contribution in [0, 0.1) is 13.8 Å². The number of hydrogen-bond acceptors (Lipinski definition) is 6. The number of carboxylic acids is 2. The summed E-state index contributed by atoms with van der Waals surface area (Å²) in [5, 5.41) is 16.2. The summed E-state index contributed by atoms with van der Waals surface area (Å²) in [4.78, 5) is 62.4. The fourth-order valence-corrected chi connectivity index (χ4v) is 4.17. The van der Waals surface area contributed by atoms with E-state index < -0.39 is 35.8 Å². The molecular weight excluding hydrogens is 547 g/mol. The van der Waals surface area contributed by atoms with Crippen LogP contribution in [0.25, 0.3) is 0 Å². The van der Waals surface area contributed by atoms with Crippen molar-refractivity contribution < 1.29 is 47.4 Å². The van der Waals surface area contributed by atoms with Crippen LogP contribution in [0.3, 0.4) is 0 Å². The first-order valence-electron chi connectivity index (χ1n) is 12.8. The standard InChI is InChI=1S/C26H31N3O5.C2HF3O2/c1-17-7-9-20(18(2)14-17)26(34)29-22-10-8-19(6-4-3-5-12-27)15-21(22)25(33)28(16-23(29)30)13-11-24(31)32;3-2(4,5)1(6)7/h7-10,14-15H,3-6,11-13,16,27H2,1-2H3,(H,31,32);(H,6,7). The molecule has 222 valence electrons. The van der Waals surface area contributed by atoms with Gasteiger partial charge in [-0.05, 0) is 69.0 Å². The van der Waals surface area contributed by atoms with E-state index in [2.05, 4.69) is 0 Å². The second-order valence-corrected chi connectivity index (χ2v) is 9.48. The Morgan fingerprint density at radius 2 is 1.63 bits per heavy atom. The molecule has 13 heteroatoms. The van der Waals surface area contributed by atoms with Gasteiger partial charge >= 0.3 is 18.1 Å². The predicted octanol–water partition coefficient (Wildman–Crippen LogP) is 3.71. The fourth-order valence-electron chi connectivity index (χ4n) is 4.17.